The average Bonchev–Trinajstić information content (AvgIpc) is 3.28. The minimum atomic E-state index is -3.55. The predicted molar refractivity (Wildman–Crippen MR) is 131 cm³/mol. The van der Waals surface area contributed by atoms with Crippen molar-refractivity contribution in [1.82, 2.24) is 14.2 Å². The van der Waals surface area contributed by atoms with E-state index in [1.54, 1.807) is 39.9 Å². The summed E-state index contributed by atoms with van der Waals surface area (Å²) in [6, 6.07) is 14.5. The van der Waals surface area contributed by atoms with Crippen LogP contribution in [0.15, 0.2) is 53.4 Å². The molecule has 2 saturated heterocycles. The highest BCUT2D eigenvalue weighted by Gasteiger charge is 2.33. The summed E-state index contributed by atoms with van der Waals surface area (Å²) in [4.78, 5) is 20.4. The van der Waals surface area contributed by atoms with Gasteiger partial charge in [0.2, 0.25) is 10.0 Å². The number of thiazole rings is 1. The molecule has 1 amide bonds. The number of benzene rings is 2. The van der Waals surface area contributed by atoms with E-state index in [2.05, 4.69) is 6.07 Å². The molecule has 6 nitrogen and oxygen atoms in total. The number of hydrogen-bond donors (Lipinski definition) is 0. The molecule has 8 heteroatoms. The van der Waals surface area contributed by atoms with Gasteiger partial charge in [0, 0.05) is 24.7 Å². The third-order valence-corrected chi connectivity index (χ3v) is 9.97. The zero-order chi connectivity index (χ0) is 23.0. The topological polar surface area (TPSA) is 70.6 Å². The first-order valence-electron chi connectivity index (χ1n) is 11.7. The molecule has 33 heavy (non-hydrogen) atoms. The van der Waals surface area contributed by atoms with Crippen LogP contribution in [0.1, 0.15) is 66.9 Å². The van der Waals surface area contributed by atoms with Crippen LogP contribution in [-0.2, 0) is 10.0 Å². The molecule has 0 radical (unpaired) electrons. The minimum Gasteiger partial charge on any atom is -0.329 e. The number of fused-ring (bicyclic) bond motifs is 1. The maximum atomic E-state index is 13.5. The van der Waals surface area contributed by atoms with Crippen LogP contribution in [0.3, 0.4) is 0 Å². The van der Waals surface area contributed by atoms with Crippen molar-refractivity contribution in [2.75, 3.05) is 13.1 Å². The van der Waals surface area contributed by atoms with E-state index in [0.717, 1.165) is 53.7 Å². The van der Waals surface area contributed by atoms with Crippen LogP contribution in [-0.4, -0.2) is 47.6 Å². The molecule has 2 unspecified atom stereocenters. The molecule has 1 aromatic heterocycles. The smallest absolute Gasteiger partial charge is 0.254 e. The summed E-state index contributed by atoms with van der Waals surface area (Å²) in [5.74, 6) is -0.0609. The number of rotatable bonds is 4. The van der Waals surface area contributed by atoms with Gasteiger partial charge in [-0.25, -0.2) is 13.4 Å². The molecule has 0 bridgehead atoms. The first-order chi connectivity index (χ1) is 15.9. The van der Waals surface area contributed by atoms with Crippen LogP contribution in [0.4, 0.5) is 0 Å². The van der Waals surface area contributed by atoms with E-state index in [9.17, 15) is 13.2 Å². The van der Waals surface area contributed by atoms with Gasteiger partial charge in [-0.1, -0.05) is 18.6 Å². The van der Waals surface area contributed by atoms with E-state index >= 15 is 0 Å². The zero-order valence-corrected chi connectivity index (χ0v) is 20.4. The number of nitrogens with zero attached hydrogens (tertiary/aromatic N) is 3. The summed E-state index contributed by atoms with van der Waals surface area (Å²) in [7, 11) is -3.55. The molecular formula is C25H29N3O3S2. The third-order valence-electron chi connectivity index (χ3n) is 6.81. The number of carbonyl (C=O) groups is 1. The van der Waals surface area contributed by atoms with Gasteiger partial charge in [-0.2, -0.15) is 4.31 Å². The fraction of sp³-hybridized carbons (Fsp3) is 0.440. The van der Waals surface area contributed by atoms with Crippen LogP contribution in [0.25, 0.3) is 10.2 Å². The lowest BCUT2D eigenvalue weighted by atomic mass is 10.0. The summed E-state index contributed by atoms with van der Waals surface area (Å²) in [6.45, 7) is 3.21. The monoisotopic (exact) mass is 483 g/mol. The van der Waals surface area contributed by atoms with Gasteiger partial charge in [0.05, 0.1) is 21.2 Å². The molecule has 2 fully saturated rings. The predicted octanol–water partition coefficient (Wildman–Crippen LogP) is 5.23. The summed E-state index contributed by atoms with van der Waals surface area (Å²) in [6.07, 6.45) is 5.76. The van der Waals surface area contributed by atoms with Crippen molar-refractivity contribution in [1.29, 1.82) is 0 Å². The maximum Gasteiger partial charge on any atom is 0.254 e. The first-order valence-corrected chi connectivity index (χ1v) is 14.0. The Morgan fingerprint density at radius 3 is 2.45 bits per heavy atom. The fourth-order valence-corrected chi connectivity index (χ4v) is 7.78. The first kappa shape index (κ1) is 22.5. The number of para-hydroxylation sites is 1. The van der Waals surface area contributed by atoms with Gasteiger partial charge in [-0.05, 0) is 75.4 Å². The van der Waals surface area contributed by atoms with Crippen molar-refractivity contribution in [3.05, 3.63) is 59.1 Å². The normalized spacial score (nSPS) is 22.5. The Kier molecular flexibility index (Phi) is 6.24. The number of piperidine rings is 2. The van der Waals surface area contributed by atoms with E-state index in [-0.39, 0.29) is 22.9 Å². The Hall–Kier alpha value is -2.29. The summed E-state index contributed by atoms with van der Waals surface area (Å²) >= 11 is 1.65. The Labute approximate surface area is 199 Å². The lowest BCUT2D eigenvalue weighted by Crippen LogP contribution is -2.42. The second-order valence-electron chi connectivity index (χ2n) is 9.01. The van der Waals surface area contributed by atoms with E-state index in [1.165, 1.54) is 0 Å². The van der Waals surface area contributed by atoms with E-state index in [1.807, 2.05) is 30.0 Å². The number of likely N-dealkylation sites (tertiary alicyclic amines) is 1. The largest absolute Gasteiger partial charge is 0.329 e. The molecule has 0 spiro atoms. The lowest BCUT2D eigenvalue weighted by molar-refractivity contribution is 0.0611. The molecule has 174 valence electrons. The summed E-state index contributed by atoms with van der Waals surface area (Å²) < 4.78 is 29.0. The van der Waals surface area contributed by atoms with Gasteiger partial charge in [-0.15, -0.1) is 11.3 Å². The second kappa shape index (κ2) is 9.16. The Balaban J connectivity index is 1.39. The highest BCUT2D eigenvalue weighted by molar-refractivity contribution is 7.89. The molecule has 0 saturated carbocycles. The Morgan fingerprint density at radius 1 is 0.970 bits per heavy atom. The molecule has 2 atom stereocenters. The number of carbonyl (C=O) groups excluding carboxylic acids is 1. The quantitative estimate of drug-likeness (QED) is 0.510. The average molecular weight is 484 g/mol. The molecule has 3 aromatic rings. The van der Waals surface area contributed by atoms with E-state index < -0.39 is 10.0 Å². The standard InChI is InChI=1S/C25H29N3O3S2/c1-18-8-4-7-17-28(18)33(30,31)20-14-12-19(13-15-20)25(29)27-16-6-5-10-22(27)24-26-21-9-2-3-11-23(21)32-24/h2-3,9,11-15,18,22H,4-8,10,16-17H2,1H3. The molecule has 5 rings (SSSR count). The number of hydrogen-bond acceptors (Lipinski definition) is 5. The SMILES string of the molecule is CC1CCCCN1S(=O)(=O)c1ccc(C(=O)N2CCCCC2c2nc3ccccc3s2)cc1. The van der Waals surface area contributed by atoms with Crippen LogP contribution >= 0.6 is 11.3 Å². The molecule has 0 N–H and O–H groups in total. The molecular weight excluding hydrogens is 454 g/mol. The zero-order valence-electron chi connectivity index (χ0n) is 18.8. The van der Waals surface area contributed by atoms with Crippen molar-refractivity contribution in [3.63, 3.8) is 0 Å². The number of aromatic nitrogens is 1. The van der Waals surface area contributed by atoms with Crippen LogP contribution in [0.2, 0.25) is 0 Å². The Morgan fingerprint density at radius 2 is 1.70 bits per heavy atom. The van der Waals surface area contributed by atoms with Crippen molar-refractivity contribution in [2.45, 2.75) is 62.4 Å². The van der Waals surface area contributed by atoms with Gasteiger partial charge in [0.1, 0.15) is 5.01 Å². The highest BCUT2D eigenvalue weighted by Crippen LogP contribution is 2.36. The Bertz CT molecular complexity index is 1220. The van der Waals surface area contributed by atoms with E-state index in [0.29, 0.717) is 18.7 Å². The molecule has 2 aliphatic rings. The number of amides is 1. The van der Waals surface area contributed by atoms with Gasteiger partial charge in [0.25, 0.3) is 5.91 Å². The van der Waals surface area contributed by atoms with Gasteiger partial charge < -0.3 is 4.90 Å². The highest BCUT2D eigenvalue weighted by atomic mass is 32.2. The van der Waals surface area contributed by atoms with Crippen LogP contribution < -0.4 is 0 Å². The molecule has 2 aromatic carbocycles. The van der Waals surface area contributed by atoms with Crippen LogP contribution in [0.5, 0.6) is 0 Å². The van der Waals surface area contributed by atoms with Crippen molar-refractivity contribution in [2.24, 2.45) is 0 Å². The van der Waals surface area contributed by atoms with Crippen molar-refractivity contribution >= 4 is 37.5 Å². The lowest BCUT2D eigenvalue weighted by Gasteiger charge is -2.34. The minimum absolute atomic E-state index is 0.00739. The van der Waals surface area contributed by atoms with E-state index in [4.69, 9.17) is 4.98 Å². The van der Waals surface area contributed by atoms with Crippen LogP contribution in [0, 0.1) is 0 Å². The number of sulfonamides is 1. The van der Waals surface area contributed by atoms with Crippen molar-refractivity contribution in [3.8, 4) is 0 Å². The molecule has 0 aliphatic carbocycles. The fourth-order valence-electron chi connectivity index (χ4n) is 4.96. The summed E-state index contributed by atoms with van der Waals surface area (Å²) in [5, 5.41) is 0.975. The second-order valence-corrected chi connectivity index (χ2v) is 12.0. The van der Waals surface area contributed by atoms with Crippen molar-refractivity contribution < 1.29 is 13.2 Å². The molecule has 2 aliphatic heterocycles. The maximum absolute atomic E-state index is 13.5. The summed E-state index contributed by atoms with van der Waals surface area (Å²) in [5.41, 5.74) is 1.49. The molecule has 3 heterocycles. The van der Waals surface area contributed by atoms with Gasteiger partial charge in [-0.3, -0.25) is 4.79 Å². The third kappa shape index (κ3) is 4.32. The van der Waals surface area contributed by atoms with Gasteiger partial charge >= 0.3 is 0 Å². The van der Waals surface area contributed by atoms with Gasteiger partial charge in [0.15, 0.2) is 0 Å².